The predicted octanol–water partition coefficient (Wildman–Crippen LogP) is 3.79. The first-order valence-corrected chi connectivity index (χ1v) is 9.03. The van der Waals surface area contributed by atoms with Gasteiger partial charge in [-0.3, -0.25) is 4.79 Å². The third-order valence-corrected chi connectivity index (χ3v) is 5.07. The van der Waals surface area contributed by atoms with Gasteiger partial charge in [0.1, 0.15) is 5.82 Å². The lowest BCUT2D eigenvalue weighted by atomic mass is 9.97. The second kappa shape index (κ2) is 6.79. The van der Waals surface area contributed by atoms with Crippen LogP contribution in [0.5, 0.6) is 0 Å². The molecule has 0 saturated carbocycles. The summed E-state index contributed by atoms with van der Waals surface area (Å²) in [7, 11) is 0. The van der Waals surface area contributed by atoms with Gasteiger partial charge in [-0.2, -0.15) is 0 Å². The smallest absolute Gasteiger partial charge is 0.253 e. The minimum absolute atomic E-state index is 0.114. The van der Waals surface area contributed by atoms with E-state index in [2.05, 4.69) is 40.7 Å². The minimum Gasteiger partial charge on any atom is -0.337 e. The summed E-state index contributed by atoms with van der Waals surface area (Å²) >= 11 is 0. The maximum absolute atomic E-state index is 12.6. The molecule has 4 nitrogen and oxygen atoms in total. The molecule has 132 valence electrons. The van der Waals surface area contributed by atoms with Crippen LogP contribution in [-0.4, -0.2) is 33.4 Å². The van der Waals surface area contributed by atoms with Gasteiger partial charge < -0.3 is 9.47 Å². The van der Waals surface area contributed by atoms with Crippen molar-refractivity contribution in [1.82, 2.24) is 14.5 Å². The van der Waals surface area contributed by atoms with Gasteiger partial charge in [0.2, 0.25) is 0 Å². The van der Waals surface area contributed by atoms with E-state index in [4.69, 9.17) is 0 Å². The molecule has 0 N–H and O–H groups in total. The van der Waals surface area contributed by atoms with Crippen molar-refractivity contribution in [1.29, 1.82) is 0 Å². The number of likely N-dealkylation sites (tertiary alicyclic amines) is 1. The van der Waals surface area contributed by atoms with Gasteiger partial charge in [0.05, 0.1) is 5.92 Å². The molecule has 4 heteroatoms. The average Bonchev–Trinajstić information content (AvgIpc) is 2.95. The molecule has 1 saturated heterocycles. The Morgan fingerprint density at radius 3 is 2.58 bits per heavy atom. The molecule has 1 aliphatic heterocycles. The number of amides is 1. The number of aromatic nitrogens is 2. The van der Waals surface area contributed by atoms with Crippen LogP contribution in [0, 0.1) is 13.8 Å². The third kappa shape index (κ3) is 3.15. The van der Waals surface area contributed by atoms with Crippen LogP contribution in [-0.2, 0) is 6.54 Å². The lowest BCUT2D eigenvalue weighted by Gasteiger charge is -2.39. The number of benzene rings is 2. The Kier molecular flexibility index (Phi) is 4.33. The summed E-state index contributed by atoms with van der Waals surface area (Å²) in [5.74, 6) is 1.50. The van der Waals surface area contributed by atoms with Gasteiger partial charge in [0.15, 0.2) is 0 Å². The lowest BCUT2D eigenvalue weighted by molar-refractivity contribution is 0.0591. The zero-order chi connectivity index (χ0) is 18.1. The molecule has 0 atom stereocenters. The summed E-state index contributed by atoms with van der Waals surface area (Å²) in [6.45, 7) is 6.40. The number of carbonyl (C=O) groups is 1. The van der Waals surface area contributed by atoms with Crippen LogP contribution in [0.1, 0.15) is 38.9 Å². The number of carbonyl (C=O) groups excluding carboxylic acids is 1. The van der Waals surface area contributed by atoms with E-state index in [1.54, 1.807) is 0 Å². The number of hydrogen-bond acceptors (Lipinski definition) is 2. The Morgan fingerprint density at radius 1 is 1.08 bits per heavy atom. The van der Waals surface area contributed by atoms with E-state index in [-0.39, 0.29) is 5.91 Å². The van der Waals surface area contributed by atoms with Crippen molar-refractivity contribution >= 4 is 5.91 Å². The quantitative estimate of drug-likeness (QED) is 0.721. The molecule has 1 aliphatic rings. The predicted molar refractivity (Wildman–Crippen MR) is 102 cm³/mol. The largest absolute Gasteiger partial charge is 0.337 e. The van der Waals surface area contributed by atoms with E-state index in [9.17, 15) is 4.79 Å². The van der Waals surface area contributed by atoms with Gasteiger partial charge in [0, 0.05) is 37.1 Å². The molecule has 3 aromatic rings. The topological polar surface area (TPSA) is 38.1 Å². The maximum Gasteiger partial charge on any atom is 0.253 e. The normalized spacial score (nSPS) is 14.3. The fourth-order valence-corrected chi connectivity index (χ4v) is 3.55. The van der Waals surface area contributed by atoms with E-state index in [0.29, 0.717) is 5.92 Å². The van der Waals surface area contributed by atoms with Crippen LogP contribution in [0.4, 0.5) is 0 Å². The van der Waals surface area contributed by atoms with Crippen molar-refractivity contribution in [2.75, 3.05) is 13.1 Å². The van der Waals surface area contributed by atoms with Crippen molar-refractivity contribution in [2.24, 2.45) is 0 Å². The van der Waals surface area contributed by atoms with E-state index < -0.39 is 0 Å². The monoisotopic (exact) mass is 345 g/mol. The van der Waals surface area contributed by atoms with E-state index in [1.165, 1.54) is 5.56 Å². The summed E-state index contributed by atoms with van der Waals surface area (Å²) < 4.78 is 2.27. The Balaban J connectivity index is 1.47. The zero-order valence-corrected chi connectivity index (χ0v) is 15.2. The molecule has 2 heterocycles. The molecule has 0 unspecified atom stereocenters. The third-order valence-electron chi connectivity index (χ3n) is 5.07. The molecule has 1 fully saturated rings. The molecular formula is C22H23N3O. The Morgan fingerprint density at radius 2 is 1.85 bits per heavy atom. The van der Waals surface area contributed by atoms with Crippen LogP contribution in [0.3, 0.4) is 0 Å². The summed E-state index contributed by atoms with van der Waals surface area (Å²) in [6, 6.07) is 18.2. The van der Waals surface area contributed by atoms with E-state index in [0.717, 1.165) is 42.3 Å². The molecule has 0 radical (unpaired) electrons. The van der Waals surface area contributed by atoms with Gasteiger partial charge in [-0.15, -0.1) is 0 Å². The SMILES string of the molecule is Cc1cccc(C(=O)N2CC(c3ncc(C)n3Cc3ccccc3)C2)c1. The minimum atomic E-state index is 0.114. The highest BCUT2D eigenvalue weighted by Crippen LogP contribution is 2.29. The van der Waals surface area contributed by atoms with Gasteiger partial charge >= 0.3 is 0 Å². The second-order valence-electron chi connectivity index (χ2n) is 7.11. The lowest BCUT2D eigenvalue weighted by Crippen LogP contribution is -2.49. The molecule has 0 spiro atoms. The molecule has 1 aromatic heterocycles. The summed E-state index contributed by atoms with van der Waals surface area (Å²) in [5.41, 5.74) is 4.31. The van der Waals surface area contributed by atoms with E-state index >= 15 is 0 Å². The number of rotatable bonds is 4. The molecular weight excluding hydrogens is 322 g/mol. The average molecular weight is 345 g/mol. The number of aryl methyl sites for hydroxylation is 2. The van der Waals surface area contributed by atoms with E-state index in [1.807, 2.05) is 48.4 Å². The molecule has 2 aromatic carbocycles. The number of hydrogen-bond donors (Lipinski definition) is 0. The second-order valence-corrected chi connectivity index (χ2v) is 7.11. The fraction of sp³-hybridized carbons (Fsp3) is 0.273. The highest BCUT2D eigenvalue weighted by Gasteiger charge is 2.35. The van der Waals surface area contributed by atoms with Crippen molar-refractivity contribution < 1.29 is 4.79 Å². The van der Waals surface area contributed by atoms with Crippen molar-refractivity contribution in [3.8, 4) is 0 Å². The number of nitrogens with zero attached hydrogens (tertiary/aromatic N) is 3. The summed E-state index contributed by atoms with van der Waals surface area (Å²) in [4.78, 5) is 19.2. The molecule has 4 rings (SSSR count). The summed E-state index contributed by atoms with van der Waals surface area (Å²) in [6.07, 6.45) is 1.93. The van der Waals surface area contributed by atoms with Crippen molar-refractivity contribution in [3.63, 3.8) is 0 Å². The van der Waals surface area contributed by atoms with Gasteiger partial charge in [-0.05, 0) is 31.5 Å². The Hall–Kier alpha value is -2.88. The van der Waals surface area contributed by atoms with Crippen molar-refractivity contribution in [2.45, 2.75) is 26.3 Å². The van der Waals surface area contributed by atoms with Crippen LogP contribution >= 0.6 is 0 Å². The summed E-state index contributed by atoms with van der Waals surface area (Å²) in [5, 5.41) is 0. The maximum atomic E-state index is 12.6. The van der Waals surface area contributed by atoms with Crippen molar-refractivity contribution in [3.05, 3.63) is 89.0 Å². The van der Waals surface area contributed by atoms with Gasteiger partial charge in [0.25, 0.3) is 5.91 Å². The number of imidazole rings is 1. The molecule has 1 amide bonds. The molecule has 0 aliphatic carbocycles. The standard InChI is InChI=1S/C22H23N3O/c1-16-7-6-10-19(11-16)22(26)24-14-20(15-24)21-23-12-17(2)25(21)13-18-8-4-3-5-9-18/h3-12,20H,13-15H2,1-2H3. The fourth-order valence-electron chi connectivity index (χ4n) is 3.55. The molecule has 0 bridgehead atoms. The first-order valence-electron chi connectivity index (χ1n) is 9.03. The van der Waals surface area contributed by atoms with Gasteiger partial charge in [-0.1, -0.05) is 48.0 Å². The first-order chi connectivity index (χ1) is 12.6. The van der Waals surface area contributed by atoms with Crippen LogP contribution in [0.2, 0.25) is 0 Å². The van der Waals surface area contributed by atoms with Gasteiger partial charge in [-0.25, -0.2) is 4.98 Å². The van der Waals surface area contributed by atoms with Crippen LogP contribution in [0.15, 0.2) is 60.8 Å². The first kappa shape index (κ1) is 16.6. The Labute approximate surface area is 154 Å². The zero-order valence-electron chi connectivity index (χ0n) is 15.2. The van der Waals surface area contributed by atoms with Crippen LogP contribution < -0.4 is 0 Å². The highest BCUT2D eigenvalue weighted by atomic mass is 16.2. The van der Waals surface area contributed by atoms with Crippen LogP contribution in [0.25, 0.3) is 0 Å². The molecule has 26 heavy (non-hydrogen) atoms. The highest BCUT2D eigenvalue weighted by molar-refractivity contribution is 5.95. The Bertz CT molecular complexity index is 924.